The molecule has 1 N–H and O–H groups in total. The summed E-state index contributed by atoms with van der Waals surface area (Å²) in [7, 11) is 0. The summed E-state index contributed by atoms with van der Waals surface area (Å²) in [6, 6.07) is 16.3. The van der Waals surface area contributed by atoms with Crippen LogP contribution in [0, 0.1) is 0 Å². The molecule has 25 heavy (non-hydrogen) atoms. The van der Waals surface area contributed by atoms with Crippen molar-refractivity contribution in [2.24, 2.45) is 4.99 Å². The second kappa shape index (κ2) is 7.21. The molecule has 0 unspecified atom stereocenters. The summed E-state index contributed by atoms with van der Waals surface area (Å²) in [5, 5.41) is 3.37. The molecule has 4 heteroatoms. The number of rotatable bonds is 5. The van der Waals surface area contributed by atoms with Crippen LogP contribution in [0.4, 0.5) is 5.69 Å². The molecule has 2 aliphatic heterocycles. The first-order chi connectivity index (χ1) is 12.3. The van der Waals surface area contributed by atoms with Gasteiger partial charge in [-0.05, 0) is 18.2 Å². The van der Waals surface area contributed by atoms with Gasteiger partial charge in [0.25, 0.3) is 0 Å². The van der Waals surface area contributed by atoms with Crippen molar-refractivity contribution in [1.82, 2.24) is 10.2 Å². The normalized spacial score (nSPS) is 17.3. The van der Waals surface area contributed by atoms with Crippen LogP contribution in [0.25, 0.3) is 5.57 Å². The Kier molecular flexibility index (Phi) is 4.63. The summed E-state index contributed by atoms with van der Waals surface area (Å²) in [6.45, 7) is 10.2. The highest BCUT2D eigenvalue weighted by molar-refractivity contribution is 6.35. The highest BCUT2D eigenvalue weighted by Crippen LogP contribution is 2.38. The third-order valence-electron chi connectivity index (χ3n) is 4.74. The zero-order valence-electron chi connectivity index (χ0n) is 14.4. The van der Waals surface area contributed by atoms with E-state index in [1.165, 1.54) is 0 Å². The van der Waals surface area contributed by atoms with Crippen molar-refractivity contribution < 1.29 is 4.74 Å². The van der Waals surface area contributed by atoms with Crippen LogP contribution in [0.5, 0.6) is 5.75 Å². The number of aliphatic imine (C=N–C) groups is 1. The smallest absolute Gasteiger partial charge is 0.120 e. The predicted molar refractivity (Wildman–Crippen MR) is 103 cm³/mol. The van der Waals surface area contributed by atoms with E-state index in [4.69, 9.17) is 9.73 Å². The van der Waals surface area contributed by atoms with Crippen LogP contribution in [0.1, 0.15) is 11.1 Å². The van der Waals surface area contributed by atoms with Gasteiger partial charge in [-0.25, -0.2) is 4.99 Å². The molecule has 2 aliphatic rings. The van der Waals surface area contributed by atoms with Crippen LogP contribution in [-0.4, -0.2) is 49.9 Å². The van der Waals surface area contributed by atoms with E-state index >= 15 is 0 Å². The maximum absolute atomic E-state index is 5.97. The van der Waals surface area contributed by atoms with Crippen LogP contribution >= 0.6 is 0 Å². The Morgan fingerprint density at radius 3 is 2.68 bits per heavy atom. The summed E-state index contributed by atoms with van der Waals surface area (Å²) in [4.78, 5) is 7.17. The van der Waals surface area contributed by atoms with Gasteiger partial charge in [0, 0.05) is 49.4 Å². The Morgan fingerprint density at radius 2 is 1.88 bits per heavy atom. The van der Waals surface area contributed by atoms with Gasteiger partial charge in [-0.15, -0.1) is 0 Å². The van der Waals surface area contributed by atoms with Gasteiger partial charge >= 0.3 is 0 Å². The Morgan fingerprint density at radius 1 is 1.08 bits per heavy atom. The van der Waals surface area contributed by atoms with E-state index in [0.717, 1.165) is 66.6 Å². The molecule has 0 aromatic heterocycles. The summed E-state index contributed by atoms with van der Waals surface area (Å²) in [5.41, 5.74) is 5.06. The van der Waals surface area contributed by atoms with Crippen molar-refractivity contribution in [3.63, 3.8) is 0 Å². The monoisotopic (exact) mass is 333 g/mol. The minimum atomic E-state index is 0.706. The van der Waals surface area contributed by atoms with Crippen LogP contribution in [-0.2, 0) is 0 Å². The van der Waals surface area contributed by atoms with Crippen molar-refractivity contribution in [2.45, 2.75) is 0 Å². The Balaban J connectivity index is 1.41. The fraction of sp³-hybridized carbons (Fsp3) is 0.286. The molecule has 1 saturated heterocycles. The molecule has 4 rings (SSSR count). The van der Waals surface area contributed by atoms with Gasteiger partial charge in [-0.2, -0.15) is 0 Å². The number of benzene rings is 2. The fourth-order valence-electron chi connectivity index (χ4n) is 3.32. The number of piperazine rings is 1. The highest BCUT2D eigenvalue weighted by atomic mass is 16.5. The van der Waals surface area contributed by atoms with E-state index in [9.17, 15) is 0 Å². The number of ether oxygens (including phenoxy) is 1. The third kappa shape index (κ3) is 3.50. The van der Waals surface area contributed by atoms with Crippen molar-refractivity contribution in [3.8, 4) is 5.75 Å². The third-order valence-corrected chi connectivity index (χ3v) is 4.74. The van der Waals surface area contributed by atoms with E-state index in [1.54, 1.807) is 0 Å². The molecule has 0 atom stereocenters. The number of hydrogen-bond donors (Lipinski definition) is 1. The zero-order valence-corrected chi connectivity index (χ0v) is 14.4. The number of allylic oxidation sites excluding steroid dienone is 1. The molecule has 0 spiro atoms. The lowest BCUT2D eigenvalue weighted by Crippen LogP contribution is -2.44. The second-order valence-corrected chi connectivity index (χ2v) is 6.42. The first-order valence-electron chi connectivity index (χ1n) is 8.85. The lowest BCUT2D eigenvalue weighted by Gasteiger charge is -2.26. The molecule has 2 aromatic carbocycles. The van der Waals surface area contributed by atoms with Crippen molar-refractivity contribution in [1.29, 1.82) is 0 Å². The Bertz CT molecular complexity index is 792. The first kappa shape index (κ1) is 16.1. The van der Waals surface area contributed by atoms with E-state index < -0.39 is 0 Å². The zero-order chi connectivity index (χ0) is 17.1. The van der Waals surface area contributed by atoms with E-state index in [1.807, 2.05) is 30.3 Å². The van der Waals surface area contributed by atoms with Crippen molar-refractivity contribution in [2.75, 3.05) is 39.3 Å². The predicted octanol–water partition coefficient (Wildman–Crippen LogP) is 3.12. The second-order valence-electron chi connectivity index (χ2n) is 6.42. The molecule has 128 valence electrons. The van der Waals surface area contributed by atoms with E-state index in [-0.39, 0.29) is 0 Å². The summed E-state index contributed by atoms with van der Waals surface area (Å²) in [5.74, 6) is 0.888. The van der Waals surface area contributed by atoms with Gasteiger partial charge in [-0.3, -0.25) is 4.90 Å². The molecule has 1 fully saturated rings. The molecule has 2 aromatic rings. The van der Waals surface area contributed by atoms with E-state index in [0.29, 0.717) is 6.61 Å². The molecule has 0 amide bonds. The molecular formula is C21H23N3O. The van der Waals surface area contributed by atoms with Crippen LogP contribution in [0.15, 0.2) is 60.1 Å². The van der Waals surface area contributed by atoms with Crippen molar-refractivity contribution in [3.05, 3.63) is 66.2 Å². The molecule has 4 nitrogen and oxygen atoms in total. The topological polar surface area (TPSA) is 36.9 Å². The number of hydrogen-bond acceptors (Lipinski definition) is 4. The highest BCUT2D eigenvalue weighted by Gasteiger charge is 2.21. The van der Waals surface area contributed by atoms with Crippen LogP contribution in [0.2, 0.25) is 0 Å². The summed E-state index contributed by atoms with van der Waals surface area (Å²) < 4.78 is 5.97. The molecule has 0 radical (unpaired) electrons. The maximum Gasteiger partial charge on any atom is 0.120 e. The van der Waals surface area contributed by atoms with Gasteiger partial charge in [0.2, 0.25) is 0 Å². The summed E-state index contributed by atoms with van der Waals surface area (Å²) in [6.07, 6.45) is 0. The minimum Gasteiger partial charge on any atom is -0.492 e. The van der Waals surface area contributed by atoms with Crippen LogP contribution in [0.3, 0.4) is 0 Å². The minimum absolute atomic E-state index is 0.706. The fourth-order valence-corrected chi connectivity index (χ4v) is 3.32. The lowest BCUT2D eigenvalue weighted by atomic mass is 9.99. The average Bonchev–Trinajstić information content (AvgIpc) is 3.00. The largest absolute Gasteiger partial charge is 0.492 e. The average molecular weight is 333 g/mol. The molecule has 0 aliphatic carbocycles. The standard InChI is InChI=1S/C21H23N3O/c1-16-19-15-18(25-14-13-24-11-9-22-10-12-24)7-8-20(19)23-21(16)17-5-3-2-4-6-17/h2-8,15,22H,1,9-14H2. The van der Waals surface area contributed by atoms with Crippen molar-refractivity contribution >= 4 is 17.0 Å². The van der Waals surface area contributed by atoms with Gasteiger partial charge in [0.05, 0.1) is 11.4 Å². The van der Waals surface area contributed by atoms with Gasteiger partial charge < -0.3 is 10.1 Å². The van der Waals surface area contributed by atoms with Gasteiger partial charge in [-0.1, -0.05) is 36.9 Å². The van der Waals surface area contributed by atoms with E-state index in [2.05, 4.69) is 35.0 Å². The van der Waals surface area contributed by atoms with Gasteiger partial charge in [0.15, 0.2) is 0 Å². The number of nitrogens with one attached hydrogen (secondary N) is 1. The molecule has 0 saturated carbocycles. The SMILES string of the molecule is C=C1C(c2ccccc2)=Nc2ccc(OCCN3CCNCC3)cc21. The summed E-state index contributed by atoms with van der Waals surface area (Å²) >= 11 is 0. The Hall–Kier alpha value is -2.43. The number of nitrogens with zero attached hydrogens (tertiary/aromatic N) is 2. The lowest BCUT2D eigenvalue weighted by molar-refractivity contribution is 0.191. The quantitative estimate of drug-likeness (QED) is 0.913. The molecular weight excluding hydrogens is 310 g/mol. The number of fused-ring (bicyclic) bond motifs is 1. The molecule has 2 heterocycles. The first-order valence-corrected chi connectivity index (χ1v) is 8.85. The van der Waals surface area contributed by atoms with Gasteiger partial charge in [0.1, 0.15) is 12.4 Å². The maximum atomic E-state index is 5.97. The molecule has 0 bridgehead atoms. The van der Waals surface area contributed by atoms with Crippen LogP contribution < -0.4 is 10.1 Å². The Labute approximate surface area is 148 Å².